The van der Waals surface area contributed by atoms with Gasteiger partial charge in [0.15, 0.2) is 0 Å². The number of carbonyl (C=O) groups excluding carboxylic acids is 1. The Balaban J connectivity index is 2.16. The van der Waals surface area contributed by atoms with Gasteiger partial charge < -0.3 is 4.90 Å². The van der Waals surface area contributed by atoms with Crippen molar-refractivity contribution >= 4 is 71.7 Å². The van der Waals surface area contributed by atoms with Crippen LogP contribution in [0.2, 0.25) is 0 Å². The molecule has 0 radical (unpaired) electrons. The fourth-order valence-corrected chi connectivity index (χ4v) is 4.02. The number of hydrogen-bond acceptors (Lipinski definition) is 2. The van der Waals surface area contributed by atoms with Gasteiger partial charge in [-0.3, -0.25) is 4.79 Å². The first-order valence-electron chi connectivity index (χ1n) is 5.41. The molecule has 0 aliphatic carbocycles. The van der Waals surface area contributed by atoms with Crippen LogP contribution in [-0.2, 0) is 6.54 Å². The van der Waals surface area contributed by atoms with Crippen molar-refractivity contribution in [3.63, 3.8) is 0 Å². The first-order valence-corrected chi connectivity index (χ1v) is 8.95. The fraction of sp³-hybridized carbons (Fsp3) is 0.154. The average molecular weight is 515 g/mol. The van der Waals surface area contributed by atoms with Crippen LogP contribution >= 0.6 is 65.8 Å². The monoisotopic (exact) mass is 513 g/mol. The highest BCUT2D eigenvalue weighted by Gasteiger charge is 2.16. The first kappa shape index (κ1) is 15.5. The van der Waals surface area contributed by atoms with Gasteiger partial charge in [-0.15, -0.1) is 11.3 Å². The molecule has 2 nitrogen and oxygen atoms in total. The van der Waals surface area contributed by atoms with Gasteiger partial charge in [0.2, 0.25) is 0 Å². The van der Waals surface area contributed by atoms with E-state index in [1.54, 1.807) is 16.2 Å². The highest BCUT2D eigenvalue weighted by molar-refractivity contribution is 14.1. The largest absolute Gasteiger partial charge is 0.337 e. The van der Waals surface area contributed by atoms with Crippen LogP contribution in [0.3, 0.4) is 0 Å². The van der Waals surface area contributed by atoms with E-state index in [0.29, 0.717) is 12.1 Å². The molecule has 0 fully saturated rings. The second-order valence-corrected chi connectivity index (χ2v) is 8.03. The van der Waals surface area contributed by atoms with E-state index in [4.69, 9.17) is 0 Å². The van der Waals surface area contributed by atoms with Gasteiger partial charge >= 0.3 is 0 Å². The molecule has 0 unspecified atom stereocenters. The molecule has 0 N–H and O–H groups in total. The lowest BCUT2D eigenvalue weighted by Gasteiger charge is -2.17. The molecule has 2 aromatic rings. The Hall–Kier alpha value is 0.0800. The maximum absolute atomic E-state index is 12.4. The molecule has 0 atom stereocenters. The van der Waals surface area contributed by atoms with Crippen LogP contribution in [0.4, 0.5) is 0 Å². The number of rotatable bonds is 3. The maximum Gasteiger partial charge on any atom is 0.255 e. The summed E-state index contributed by atoms with van der Waals surface area (Å²) in [6, 6.07) is 7.81. The molecule has 19 heavy (non-hydrogen) atoms. The summed E-state index contributed by atoms with van der Waals surface area (Å²) in [5.41, 5.74) is 0.699. The van der Waals surface area contributed by atoms with Crippen LogP contribution in [-0.4, -0.2) is 17.9 Å². The fourth-order valence-electron chi connectivity index (χ4n) is 1.61. The Morgan fingerprint density at radius 1 is 1.37 bits per heavy atom. The molecule has 0 bridgehead atoms. The van der Waals surface area contributed by atoms with Crippen LogP contribution in [0.1, 0.15) is 15.2 Å². The van der Waals surface area contributed by atoms with Gasteiger partial charge in [-0.2, -0.15) is 0 Å². The molecule has 1 heterocycles. The number of thiophene rings is 1. The summed E-state index contributed by atoms with van der Waals surface area (Å²) in [6.45, 7) is 0.618. The third kappa shape index (κ3) is 4.03. The van der Waals surface area contributed by atoms with E-state index in [1.807, 2.05) is 36.7 Å². The topological polar surface area (TPSA) is 20.3 Å². The molecular weight excluding hydrogens is 505 g/mol. The van der Waals surface area contributed by atoms with E-state index in [9.17, 15) is 4.79 Å². The normalized spacial score (nSPS) is 10.5. The third-order valence-electron chi connectivity index (χ3n) is 2.52. The van der Waals surface area contributed by atoms with Crippen LogP contribution in [0.25, 0.3) is 0 Å². The van der Waals surface area contributed by atoms with Gasteiger partial charge in [0.05, 0.1) is 12.1 Å². The Bertz CT molecular complexity index is 614. The Labute approximate surface area is 146 Å². The summed E-state index contributed by atoms with van der Waals surface area (Å²) in [7, 11) is 1.82. The van der Waals surface area contributed by atoms with Crippen molar-refractivity contribution in [3.05, 3.63) is 52.6 Å². The molecule has 0 saturated heterocycles. The number of amides is 1. The SMILES string of the molecule is CN(Cc1cc(Br)cs1)C(=O)c1cc(I)ccc1Br. The molecule has 0 aliphatic heterocycles. The molecule has 0 spiro atoms. The lowest BCUT2D eigenvalue weighted by Crippen LogP contribution is -2.26. The number of halogens is 3. The molecule has 1 aromatic heterocycles. The molecule has 100 valence electrons. The predicted octanol–water partition coefficient (Wildman–Crippen LogP) is 5.15. The number of carbonyl (C=O) groups is 1. The lowest BCUT2D eigenvalue weighted by atomic mass is 10.2. The third-order valence-corrected chi connectivity index (χ3v) is 5.57. The summed E-state index contributed by atoms with van der Waals surface area (Å²) in [5.74, 6) is 0.0231. The van der Waals surface area contributed by atoms with Crippen molar-refractivity contribution in [2.45, 2.75) is 6.54 Å². The van der Waals surface area contributed by atoms with Gasteiger partial charge in [0.1, 0.15) is 0 Å². The van der Waals surface area contributed by atoms with Crippen molar-refractivity contribution in [2.75, 3.05) is 7.05 Å². The van der Waals surface area contributed by atoms with Crippen LogP contribution in [0.5, 0.6) is 0 Å². The number of hydrogen-bond donors (Lipinski definition) is 0. The summed E-state index contributed by atoms with van der Waals surface area (Å²) in [4.78, 5) is 15.3. The zero-order chi connectivity index (χ0) is 14.0. The maximum atomic E-state index is 12.4. The smallest absolute Gasteiger partial charge is 0.255 e. The minimum absolute atomic E-state index is 0.0231. The van der Waals surface area contributed by atoms with E-state index < -0.39 is 0 Å². The van der Waals surface area contributed by atoms with Crippen LogP contribution < -0.4 is 0 Å². The molecule has 1 aromatic carbocycles. The first-order chi connectivity index (χ1) is 8.97. The number of nitrogens with zero attached hydrogens (tertiary/aromatic N) is 1. The second-order valence-electron chi connectivity index (χ2n) is 4.02. The molecule has 1 amide bonds. The highest BCUT2D eigenvalue weighted by Crippen LogP contribution is 2.24. The van der Waals surface area contributed by atoms with E-state index in [1.165, 1.54) is 0 Å². The van der Waals surface area contributed by atoms with Gasteiger partial charge in [-0.05, 0) is 78.7 Å². The van der Waals surface area contributed by atoms with Gasteiger partial charge in [0, 0.05) is 29.8 Å². The summed E-state index contributed by atoms with van der Waals surface area (Å²) in [6.07, 6.45) is 0. The van der Waals surface area contributed by atoms with E-state index in [2.05, 4.69) is 54.5 Å². The average Bonchev–Trinajstić information content (AvgIpc) is 2.77. The summed E-state index contributed by atoms with van der Waals surface area (Å²) >= 11 is 10.7. The van der Waals surface area contributed by atoms with Gasteiger partial charge in [-0.25, -0.2) is 0 Å². The van der Waals surface area contributed by atoms with Crippen molar-refractivity contribution in [3.8, 4) is 0 Å². The molecular formula is C13H10Br2INOS. The Morgan fingerprint density at radius 2 is 2.11 bits per heavy atom. The number of benzene rings is 1. The minimum Gasteiger partial charge on any atom is -0.337 e. The van der Waals surface area contributed by atoms with Crippen molar-refractivity contribution in [1.29, 1.82) is 0 Å². The van der Waals surface area contributed by atoms with Gasteiger partial charge in [-0.1, -0.05) is 0 Å². The van der Waals surface area contributed by atoms with E-state index >= 15 is 0 Å². The molecule has 0 saturated carbocycles. The standard InChI is InChI=1S/C13H10Br2INOS/c1-17(6-10-4-8(14)7-19-10)13(18)11-5-9(16)2-3-12(11)15/h2-5,7H,6H2,1H3. The molecule has 2 rings (SSSR count). The van der Waals surface area contributed by atoms with Crippen molar-refractivity contribution in [1.82, 2.24) is 4.90 Å². The minimum atomic E-state index is 0.0231. The lowest BCUT2D eigenvalue weighted by molar-refractivity contribution is 0.0785. The van der Waals surface area contributed by atoms with E-state index in [-0.39, 0.29) is 5.91 Å². The second kappa shape index (κ2) is 6.69. The van der Waals surface area contributed by atoms with Crippen LogP contribution in [0.15, 0.2) is 38.6 Å². The molecule has 0 aliphatic rings. The predicted molar refractivity (Wildman–Crippen MR) is 94.7 cm³/mol. The zero-order valence-corrected chi connectivity index (χ0v) is 16.1. The van der Waals surface area contributed by atoms with E-state index in [0.717, 1.165) is 17.4 Å². The van der Waals surface area contributed by atoms with Gasteiger partial charge in [0.25, 0.3) is 5.91 Å². The van der Waals surface area contributed by atoms with Crippen LogP contribution in [0, 0.1) is 3.57 Å². The summed E-state index contributed by atoms with van der Waals surface area (Å²) < 4.78 is 2.94. The highest BCUT2D eigenvalue weighted by atomic mass is 127. The van der Waals surface area contributed by atoms with Crippen molar-refractivity contribution in [2.24, 2.45) is 0 Å². The van der Waals surface area contributed by atoms with Crippen molar-refractivity contribution < 1.29 is 4.79 Å². The quantitative estimate of drug-likeness (QED) is 0.519. The zero-order valence-electron chi connectivity index (χ0n) is 9.99. The summed E-state index contributed by atoms with van der Waals surface area (Å²) in [5, 5.41) is 2.02. The molecule has 6 heteroatoms. The Morgan fingerprint density at radius 3 is 2.74 bits per heavy atom. The Kier molecular flexibility index (Phi) is 5.45.